The highest BCUT2D eigenvalue weighted by molar-refractivity contribution is 6.99. The number of nitrogens with zero attached hydrogens (tertiary/aromatic N) is 1. The number of amides is 1. The molecule has 3 rings (SSSR count). The molecule has 0 bridgehead atoms. The molecule has 0 fully saturated rings. The summed E-state index contributed by atoms with van der Waals surface area (Å²) in [6, 6.07) is 30.6. The molecule has 0 aliphatic carbocycles. The van der Waals surface area contributed by atoms with E-state index in [1.54, 1.807) is 4.90 Å². The van der Waals surface area contributed by atoms with Crippen molar-refractivity contribution in [2.45, 2.75) is 58.7 Å². The summed E-state index contributed by atoms with van der Waals surface area (Å²) >= 11 is 0. The van der Waals surface area contributed by atoms with Crippen LogP contribution in [0.4, 0.5) is 4.79 Å². The van der Waals surface area contributed by atoms with Gasteiger partial charge in [-0.2, -0.15) is 0 Å². The van der Waals surface area contributed by atoms with Crippen molar-refractivity contribution in [3.63, 3.8) is 0 Å². The summed E-state index contributed by atoms with van der Waals surface area (Å²) in [7, 11) is -2.76. The Bertz CT molecular complexity index is 1010. The molecule has 0 aliphatic heterocycles. The van der Waals surface area contributed by atoms with Gasteiger partial charge in [0.2, 0.25) is 0 Å². The third-order valence-corrected chi connectivity index (χ3v) is 11.5. The summed E-state index contributed by atoms with van der Waals surface area (Å²) in [5, 5.41) is 12.5. The third-order valence-electron chi connectivity index (χ3n) is 6.53. The smallest absolute Gasteiger partial charge is 0.407 e. The maximum Gasteiger partial charge on any atom is 0.407 e. The van der Waals surface area contributed by atoms with Crippen molar-refractivity contribution in [3.05, 3.63) is 96.6 Å². The van der Waals surface area contributed by atoms with Crippen LogP contribution in [0.25, 0.3) is 0 Å². The average Bonchev–Trinajstić information content (AvgIpc) is 2.83. The molecule has 186 valence electrons. The summed E-state index contributed by atoms with van der Waals surface area (Å²) in [6.45, 7) is 11.7. The fourth-order valence-electron chi connectivity index (χ4n) is 4.95. The van der Waals surface area contributed by atoms with E-state index in [9.17, 15) is 9.90 Å². The maximum atomic E-state index is 12.5. The van der Waals surface area contributed by atoms with E-state index in [-0.39, 0.29) is 11.1 Å². The fourth-order valence-corrected chi connectivity index (χ4v) is 9.54. The first-order chi connectivity index (χ1) is 16.6. The molecule has 1 amide bonds. The lowest BCUT2D eigenvalue weighted by atomic mass is 10.0. The Balaban J connectivity index is 2.04. The Morgan fingerprint density at radius 2 is 1.31 bits per heavy atom. The van der Waals surface area contributed by atoms with Gasteiger partial charge in [-0.15, -0.1) is 0 Å². The molecule has 0 aromatic heterocycles. The van der Waals surface area contributed by atoms with Crippen LogP contribution in [0.5, 0.6) is 0 Å². The minimum atomic E-state index is -2.76. The Hall–Kier alpha value is -2.89. The SMILES string of the molecule is CC(C)C[C@@H](CO[Si](c1ccccc1)(c1ccccc1)C(C)(C)C)N(Cc1ccccc1)C(=O)O. The predicted octanol–water partition coefficient (Wildman–Crippen LogP) is 6.16. The van der Waals surface area contributed by atoms with Crippen molar-refractivity contribution >= 4 is 24.8 Å². The molecule has 1 atom stereocenters. The first kappa shape index (κ1) is 26.7. The molecular weight excluding hydrogens is 450 g/mol. The van der Waals surface area contributed by atoms with E-state index in [1.807, 2.05) is 42.5 Å². The second-order valence-electron chi connectivity index (χ2n) is 10.7. The zero-order chi connectivity index (χ0) is 25.5. The Morgan fingerprint density at radius 3 is 1.71 bits per heavy atom. The molecule has 0 saturated heterocycles. The second-order valence-corrected chi connectivity index (χ2v) is 15.0. The minimum absolute atomic E-state index is 0.161. The summed E-state index contributed by atoms with van der Waals surface area (Å²) < 4.78 is 7.13. The molecular formula is C30H39NO3Si. The van der Waals surface area contributed by atoms with Gasteiger partial charge in [0.15, 0.2) is 0 Å². The van der Waals surface area contributed by atoms with Crippen LogP contribution in [0.1, 0.15) is 46.6 Å². The number of hydrogen-bond donors (Lipinski definition) is 1. The normalized spacial score (nSPS) is 13.0. The van der Waals surface area contributed by atoms with E-state index in [0.29, 0.717) is 19.1 Å². The summed E-state index contributed by atoms with van der Waals surface area (Å²) in [6.07, 6.45) is -0.178. The molecule has 1 N–H and O–H groups in total. The zero-order valence-corrected chi connectivity index (χ0v) is 22.6. The molecule has 3 aromatic carbocycles. The molecule has 5 heteroatoms. The van der Waals surface area contributed by atoms with Crippen LogP contribution in [-0.4, -0.2) is 37.1 Å². The van der Waals surface area contributed by atoms with Gasteiger partial charge < -0.3 is 9.53 Å². The fraction of sp³-hybridized carbons (Fsp3) is 0.367. The molecule has 0 aliphatic rings. The molecule has 0 spiro atoms. The van der Waals surface area contributed by atoms with Crippen LogP contribution in [-0.2, 0) is 11.0 Å². The van der Waals surface area contributed by atoms with Crippen LogP contribution in [0.3, 0.4) is 0 Å². The largest absolute Gasteiger partial charge is 0.465 e. The van der Waals surface area contributed by atoms with Gasteiger partial charge in [-0.05, 0) is 33.3 Å². The summed E-state index contributed by atoms with van der Waals surface area (Å²) in [4.78, 5) is 14.0. The average molecular weight is 490 g/mol. The molecule has 0 radical (unpaired) electrons. The van der Waals surface area contributed by atoms with Gasteiger partial charge in [0.25, 0.3) is 8.32 Å². The summed E-state index contributed by atoms with van der Waals surface area (Å²) in [5.41, 5.74) is 0.981. The summed E-state index contributed by atoms with van der Waals surface area (Å²) in [5.74, 6) is 0.334. The standard InChI is InChI=1S/C30H39NO3Si/c1-24(2)21-26(31(29(32)33)22-25-15-9-6-10-16-25)23-34-35(30(3,4)5,27-17-11-7-12-18-27)28-19-13-8-14-20-28/h6-20,24,26H,21-23H2,1-5H3,(H,32,33)/t26-/m0/s1. The van der Waals surface area contributed by atoms with Crippen molar-refractivity contribution < 1.29 is 14.3 Å². The molecule has 0 heterocycles. The van der Waals surface area contributed by atoms with Crippen LogP contribution < -0.4 is 10.4 Å². The predicted molar refractivity (Wildman–Crippen MR) is 147 cm³/mol. The molecule has 3 aromatic rings. The van der Waals surface area contributed by atoms with Gasteiger partial charge in [-0.3, -0.25) is 4.90 Å². The first-order valence-electron chi connectivity index (χ1n) is 12.4. The van der Waals surface area contributed by atoms with Crippen molar-refractivity contribution in [2.24, 2.45) is 5.92 Å². The third kappa shape index (κ3) is 6.41. The molecule has 4 nitrogen and oxygen atoms in total. The Labute approximate surface area is 211 Å². The number of benzene rings is 3. The highest BCUT2D eigenvalue weighted by atomic mass is 28.4. The first-order valence-corrected chi connectivity index (χ1v) is 14.3. The van der Waals surface area contributed by atoms with Crippen LogP contribution >= 0.6 is 0 Å². The van der Waals surface area contributed by atoms with Crippen molar-refractivity contribution in [3.8, 4) is 0 Å². The van der Waals surface area contributed by atoms with Crippen molar-refractivity contribution in [1.82, 2.24) is 4.90 Å². The van der Waals surface area contributed by atoms with Crippen LogP contribution in [0, 0.1) is 5.92 Å². The lowest BCUT2D eigenvalue weighted by Crippen LogP contribution is -2.67. The van der Waals surface area contributed by atoms with E-state index in [2.05, 4.69) is 83.1 Å². The van der Waals surface area contributed by atoms with Gasteiger partial charge in [-0.25, -0.2) is 4.79 Å². The van der Waals surface area contributed by atoms with Gasteiger partial charge in [0, 0.05) is 6.54 Å². The van der Waals surface area contributed by atoms with Crippen molar-refractivity contribution in [1.29, 1.82) is 0 Å². The quantitative estimate of drug-likeness (QED) is 0.347. The van der Waals surface area contributed by atoms with E-state index in [4.69, 9.17) is 4.43 Å². The topological polar surface area (TPSA) is 49.8 Å². The van der Waals surface area contributed by atoms with Crippen LogP contribution in [0.2, 0.25) is 5.04 Å². The molecule has 0 unspecified atom stereocenters. The highest BCUT2D eigenvalue weighted by Gasteiger charge is 2.50. The van der Waals surface area contributed by atoms with Gasteiger partial charge in [0.1, 0.15) is 0 Å². The monoisotopic (exact) mass is 489 g/mol. The van der Waals surface area contributed by atoms with E-state index < -0.39 is 14.4 Å². The van der Waals surface area contributed by atoms with Crippen molar-refractivity contribution in [2.75, 3.05) is 6.61 Å². The van der Waals surface area contributed by atoms with Crippen LogP contribution in [0.15, 0.2) is 91.0 Å². The minimum Gasteiger partial charge on any atom is -0.465 e. The van der Waals surface area contributed by atoms with Gasteiger partial charge in [-0.1, -0.05) is 126 Å². The van der Waals surface area contributed by atoms with Gasteiger partial charge in [0.05, 0.1) is 12.6 Å². The molecule has 35 heavy (non-hydrogen) atoms. The zero-order valence-electron chi connectivity index (χ0n) is 21.6. The Kier molecular flexibility index (Phi) is 8.92. The lowest BCUT2D eigenvalue weighted by molar-refractivity contribution is 0.0879. The number of carboxylic acid groups (broad SMARTS) is 1. The van der Waals surface area contributed by atoms with E-state index >= 15 is 0 Å². The molecule has 0 saturated carbocycles. The Morgan fingerprint density at radius 1 is 0.857 bits per heavy atom. The number of rotatable bonds is 10. The van der Waals surface area contributed by atoms with Gasteiger partial charge >= 0.3 is 6.09 Å². The lowest BCUT2D eigenvalue weighted by Gasteiger charge is -2.44. The number of hydrogen-bond acceptors (Lipinski definition) is 2. The highest BCUT2D eigenvalue weighted by Crippen LogP contribution is 2.37. The second kappa shape index (κ2) is 11.7. The maximum absolute atomic E-state index is 12.5. The van der Waals surface area contributed by atoms with E-state index in [1.165, 1.54) is 10.4 Å². The number of carbonyl (C=O) groups is 1. The van der Waals surface area contributed by atoms with E-state index in [0.717, 1.165) is 12.0 Å².